The molecule has 1 N–H and O–H groups in total. The zero-order valence-corrected chi connectivity index (χ0v) is 15.4. The fourth-order valence-electron chi connectivity index (χ4n) is 2.93. The predicted molar refractivity (Wildman–Crippen MR) is 95.2 cm³/mol. The van der Waals surface area contributed by atoms with Gasteiger partial charge in [0.2, 0.25) is 5.91 Å². The summed E-state index contributed by atoms with van der Waals surface area (Å²) in [6, 6.07) is 1.99. The Morgan fingerprint density at radius 3 is 2.67 bits per heavy atom. The Kier molecular flexibility index (Phi) is 7.20. The van der Waals surface area contributed by atoms with Crippen LogP contribution in [0.2, 0.25) is 0 Å². The van der Waals surface area contributed by atoms with E-state index in [2.05, 4.69) is 34.1 Å². The Hall–Kier alpha value is -1.44. The van der Waals surface area contributed by atoms with Crippen LogP contribution in [0.15, 0.2) is 12.3 Å². The van der Waals surface area contributed by atoms with Crippen LogP contribution in [0.4, 0.5) is 5.82 Å². The molecule has 136 valence electrons. The van der Waals surface area contributed by atoms with Gasteiger partial charge >= 0.3 is 0 Å². The molecule has 0 spiro atoms. The largest absolute Gasteiger partial charge is 0.383 e. The first-order valence-electron chi connectivity index (χ1n) is 8.86. The third-order valence-corrected chi connectivity index (χ3v) is 4.88. The number of aromatic nitrogens is 2. The van der Waals surface area contributed by atoms with Crippen molar-refractivity contribution in [3.8, 4) is 0 Å². The SMILES string of the molecule is CC[C@H](C)n1nccc1NC(=O)[C@@H](C)N1CCN(CCOC)CC1. The van der Waals surface area contributed by atoms with E-state index in [0.717, 1.165) is 51.6 Å². The number of methoxy groups -OCH3 is 1. The molecule has 2 heterocycles. The van der Waals surface area contributed by atoms with Crippen LogP contribution in [-0.2, 0) is 9.53 Å². The van der Waals surface area contributed by atoms with Crippen molar-refractivity contribution in [1.29, 1.82) is 0 Å². The molecule has 0 radical (unpaired) electrons. The molecular weight excluding hydrogens is 306 g/mol. The molecule has 0 aromatic carbocycles. The summed E-state index contributed by atoms with van der Waals surface area (Å²) in [4.78, 5) is 17.2. The number of amides is 1. The van der Waals surface area contributed by atoms with Crippen LogP contribution in [-0.4, -0.2) is 78.0 Å². The third kappa shape index (κ3) is 4.78. The Morgan fingerprint density at radius 1 is 1.33 bits per heavy atom. The van der Waals surface area contributed by atoms with Gasteiger partial charge in [-0.05, 0) is 20.3 Å². The van der Waals surface area contributed by atoms with Gasteiger partial charge < -0.3 is 10.1 Å². The number of carbonyl (C=O) groups is 1. The van der Waals surface area contributed by atoms with Crippen LogP contribution >= 0.6 is 0 Å². The summed E-state index contributed by atoms with van der Waals surface area (Å²) in [5.74, 6) is 0.810. The quantitative estimate of drug-likeness (QED) is 0.778. The van der Waals surface area contributed by atoms with E-state index in [9.17, 15) is 4.79 Å². The van der Waals surface area contributed by atoms with Crippen molar-refractivity contribution in [2.75, 3.05) is 51.8 Å². The average Bonchev–Trinajstić information content (AvgIpc) is 3.07. The predicted octanol–water partition coefficient (Wildman–Crippen LogP) is 1.45. The Labute approximate surface area is 144 Å². The van der Waals surface area contributed by atoms with Gasteiger partial charge in [-0.25, -0.2) is 4.68 Å². The highest BCUT2D eigenvalue weighted by Gasteiger charge is 2.26. The number of hydrogen-bond donors (Lipinski definition) is 1. The van der Waals surface area contributed by atoms with E-state index in [1.165, 1.54) is 0 Å². The summed E-state index contributed by atoms with van der Waals surface area (Å²) in [6.45, 7) is 11.7. The topological polar surface area (TPSA) is 62.6 Å². The summed E-state index contributed by atoms with van der Waals surface area (Å²) in [5, 5.41) is 7.35. The number of ether oxygens (including phenoxy) is 1. The van der Waals surface area contributed by atoms with Gasteiger partial charge in [0.1, 0.15) is 5.82 Å². The smallest absolute Gasteiger partial charge is 0.242 e. The lowest BCUT2D eigenvalue weighted by atomic mass is 10.2. The monoisotopic (exact) mass is 337 g/mol. The molecule has 1 fully saturated rings. The summed E-state index contributed by atoms with van der Waals surface area (Å²) < 4.78 is 7.01. The number of piperazine rings is 1. The molecule has 2 rings (SSSR count). The molecule has 1 aliphatic rings. The fraction of sp³-hybridized carbons (Fsp3) is 0.765. The van der Waals surface area contributed by atoms with Crippen LogP contribution in [0.25, 0.3) is 0 Å². The van der Waals surface area contributed by atoms with Crippen molar-refractivity contribution < 1.29 is 9.53 Å². The van der Waals surface area contributed by atoms with Crippen LogP contribution in [0.3, 0.4) is 0 Å². The average molecular weight is 337 g/mol. The molecule has 1 aromatic heterocycles. The van der Waals surface area contributed by atoms with Crippen LogP contribution in [0.1, 0.15) is 33.2 Å². The lowest BCUT2D eigenvalue weighted by Crippen LogP contribution is -2.53. The minimum Gasteiger partial charge on any atom is -0.383 e. The van der Waals surface area contributed by atoms with Gasteiger partial charge in [-0.1, -0.05) is 6.92 Å². The van der Waals surface area contributed by atoms with E-state index in [1.54, 1.807) is 13.3 Å². The maximum atomic E-state index is 12.6. The summed E-state index contributed by atoms with van der Waals surface area (Å²) >= 11 is 0. The normalized spacial score (nSPS) is 19.2. The lowest BCUT2D eigenvalue weighted by molar-refractivity contribution is -0.121. The molecule has 7 nitrogen and oxygen atoms in total. The maximum Gasteiger partial charge on any atom is 0.242 e. The third-order valence-electron chi connectivity index (χ3n) is 4.88. The van der Waals surface area contributed by atoms with Crippen LogP contribution in [0, 0.1) is 0 Å². The number of nitrogens with one attached hydrogen (secondary N) is 1. The van der Waals surface area contributed by atoms with Crippen LogP contribution < -0.4 is 5.32 Å². The molecular formula is C17H31N5O2. The molecule has 1 aromatic rings. The Bertz CT molecular complexity index is 511. The van der Waals surface area contributed by atoms with Crippen molar-refractivity contribution in [3.63, 3.8) is 0 Å². The zero-order chi connectivity index (χ0) is 17.5. The van der Waals surface area contributed by atoms with Crippen molar-refractivity contribution in [2.45, 2.75) is 39.3 Å². The molecule has 7 heteroatoms. The molecule has 24 heavy (non-hydrogen) atoms. The molecule has 1 amide bonds. The minimum atomic E-state index is -0.144. The first-order chi connectivity index (χ1) is 11.6. The van der Waals surface area contributed by atoms with Crippen molar-refractivity contribution in [2.24, 2.45) is 0 Å². The van der Waals surface area contributed by atoms with Crippen molar-refractivity contribution in [3.05, 3.63) is 12.3 Å². The Morgan fingerprint density at radius 2 is 2.04 bits per heavy atom. The van der Waals surface area contributed by atoms with Gasteiger partial charge in [-0.2, -0.15) is 5.10 Å². The van der Waals surface area contributed by atoms with E-state index < -0.39 is 0 Å². The second-order valence-corrected chi connectivity index (χ2v) is 6.45. The fourth-order valence-corrected chi connectivity index (χ4v) is 2.93. The molecule has 1 saturated heterocycles. The van der Waals surface area contributed by atoms with Gasteiger partial charge in [0, 0.05) is 45.9 Å². The highest BCUT2D eigenvalue weighted by atomic mass is 16.5. The first-order valence-corrected chi connectivity index (χ1v) is 8.86. The van der Waals surface area contributed by atoms with Crippen LogP contribution in [0.5, 0.6) is 0 Å². The molecule has 0 unspecified atom stereocenters. The maximum absolute atomic E-state index is 12.6. The van der Waals surface area contributed by atoms with E-state index >= 15 is 0 Å². The second kappa shape index (κ2) is 9.15. The Balaban J connectivity index is 1.86. The van der Waals surface area contributed by atoms with Gasteiger partial charge in [-0.15, -0.1) is 0 Å². The van der Waals surface area contributed by atoms with Gasteiger partial charge in [0.15, 0.2) is 0 Å². The minimum absolute atomic E-state index is 0.0328. The van der Waals surface area contributed by atoms with Gasteiger partial charge in [0.25, 0.3) is 0 Å². The number of rotatable bonds is 8. The second-order valence-electron chi connectivity index (χ2n) is 6.45. The van der Waals surface area contributed by atoms with Crippen molar-refractivity contribution >= 4 is 11.7 Å². The highest BCUT2D eigenvalue weighted by Crippen LogP contribution is 2.17. The van der Waals surface area contributed by atoms with Gasteiger partial charge in [0.05, 0.1) is 24.9 Å². The van der Waals surface area contributed by atoms with E-state index in [-0.39, 0.29) is 18.0 Å². The number of carbonyl (C=O) groups excluding carboxylic acids is 1. The molecule has 0 aliphatic carbocycles. The number of nitrogens with zero attached hydrogens (tertiary/aromatic N) is 4. The molecule has 1 aliphatic heterocycles. The molecule has 2 atom stereocenters. The van der Waals surface area contributed by atoms with E-state index in [1.807, 2.05) is 17.7 Å². The molecule has 0 bridgehead atoms. The summed E-state index contributed by atoms with van der Waals surface area (Å²) in [6.07, 6.45) is 2.71. The number of anilines is 1. The zero-order valence-electron chi connectivity index (χ0n) is 15.4. The van der Waals surface area contributed by atoms with E-state index in [4.69, 9.17) is 4.74 Å². The first kappa shape index (κ1) is 18.9. The standard InChI is InChI=1S/C17H31N5O2/c1-5-14(2)22-16(6-7-18-22)19-17(23)15(3)21-10-8-20(9-11-21)12-13-24-4/h6-7,14-15H,5,8-13H2,1-4H3,(H,19,23)/t14-,15+/m0/s1. The lowest BCUT2D eigenvalue weighted by Gasteiger charge is -2.37. The molecule has 0 saturated carbocycles. The summed E-state index contributed by atoms with van der Waals surface area (Å²) in [7, 11) is 1.73. The number of hydrogen-bond acceptors (Lipinski definition) is 5. The summed E-state index contributed by atoms with van der Waals surface area (Å²) in [5.41, 5.74) is 0. The van der Waals surface area contributed by atoms with E-state index in [0.29, 0.717) is 0 Å². The highest BCUT2D eigenvalue weighted by molar-refractivity contribution is 5.93. The van der Waals surface area contributed by atoms with Gasteiger partial charge in [-0.3, -0.25) is 14.6 Å². The van der Waals surface area contributed by atoms with Crippen molar-refractivity contribution in [1.82, 2.24) is 19.6 Å².